The Balaban J connectivity index is 1.39. The minimum atomic E-state index is -0.809. The van der Waals surface area contributed by atoms with Gasteiger partial charge in [0, 0.05) is 18.2 Å². The monoisotopic (exact) mass is 428 g/mol. The third-order valence-corrected chi connectivity index (χ3v) is 7.27. The lowest BCUT2D eigenvalue weighted by Gasteiger charge is -2.40. The molecule has 0 bridgehead atoms. The zero-order valence-corrected chi connectivity index (χ0v) is 18.4. The van der Waals surface area contributed by atoms with Crippen LogP contribution in [0, 0.1) is 11.8 Å². The van der Waals surface area contributed by atoms with E-state index in [1.165, 1.54) is 25.7 Å². The number of aliphatic hydroxyl groups is 1. The van der Waals surface area contributed by atoms with Gasteiger partial charge in [-0.1, -0.05) is 50.7 Å². The fourth-order valence-electron chi connectivity index (χ4n) is 5.37. The van der Waals surface area contributed by atoms with Crippen LogP contribution >= 0.6 is 0 Å². The van der Waals surface area contributed by atoms with E-state index in [9.17, 15) is 14.7 Å². The zero-order chi connectivity index (χ0) is 21.6. The second kappa shape index (κ2) is 10.6. The van der Waals surface area contributed by atoms with E-state index in [1.807, 2.05) is 29.2 Å². The van der Waals surface area contributed by atoms with Gasteiger partial charge >= 0.3 is 0 Å². The quantitative estimate of drug-likeness (QED) is 0.717. The Morgan fingerprint density at radius 2 is 1.68 bits per heavy atom. The van der Waals surface area contributed by atoms with Crippen LogP contribution in [0.4, 0.5) is 5.69 Å². The van der Waals surface area contributed by atoms with E-state index in [1.54, 1.807) is 0 Å². The van der Waals surface area contributed by atoms with Gasteiger partial charge in [-0.3, -0.25) is 9.59 Å². The van der Waals surface area contributed by atoms with Crippen molar-refractivity contribution in [1.82, 2.24) is 4.90 Å². The number of anilines is 1. The third-order valence-electron chi connectivity index (χ3n) is 7.27. The van der Waals surface area contributed by atoms with Gasteiger partial charge in [0.15, 0.2) is 0 Å². The molecule has 3 fully saturated rings. The van der Waals surface area contributed by atoms with E-state index in [0.29, 0.717) is 19.1 Å². The maximum Gasteiger partial charge on any atom is 0.249 e. The summed E-state index contributed by atoms with van der Waals surface area (Å²) in [7, 11) is 0. The SMILES string of the molecule is O=C(Nc1ccc([C@@H](O)[C@H]2COCC(=O)N2CC2CCCCC2)cc1)C1CCCCC1. The van der Waals surface area contributed by atoms with Crippen molar-refractivity contribution in [1.29, 1.82) is 0 Å². The van der Waals surface area contributed by atoms with Crippen molar-refractivity contribution in [2.24, 2.45) is 11.8 Å². The van der Waals surface area contributed by atoms with Crippen LogP contribution < -0.4 is 5.32 Å². The van der Waals surface area contributed by atoms with Gasteiger partial charge in [-0.2, -0.15) is 0 Å². The summed E-state index contributed by atoms with van der Waals surface area (Å²) >= 11 is 0. The first-order valence-corrected chi connectivity index (χ1v) is 12.1. The fraction of sp³-hybridized carbons (Fsp3) is 0.680. The van der Waals surface area contributed by atoms with E-state index in [-0.39, 0.29) is 30.4 Å². The smallest absolute Gasteiger partial charge is 0.249 e. The summed E-state index contributed by atoms with van der Waals surface area (Å²) in [5.74, 6) is 0.691. The lowest BCUT2D eigenvalue weighted by atomic mass is 9.88. The summed E-state index contributed by atoms with van der Waals surface area (Å²) in [6.07, 6.45) is 10.7. The minimum Gasteiger partial charge on any atom is -0.386 e. The Hall–Kier alpha value is -1.92. The number of benzene rings is 1. The normalized spacial score (nSPS) is 24.7. The maximum atomic E-state index is 12.6. The molecule has 0 aromatic heterocycles. The Bertz CT molecular complexity index is 738. The Morgan fingerprint density at radius 1 is 1.03 bits per heavy atom. The van der Waals surface area contributed by atoms with E-state index >= 15 is 0 Å². The largest absolute Gasteiger partial charge is 0.386 e. The number of hydrogen-bond donors (Lipinski definition) is 2. The molecule has 2 amide bonds. The summed E-state index contributed by atoms with van der Waals surface area (Å²) in [6.45, 7) is 1.15. The highest BCUT2D eigenvalue weighted by Gasteiger charge is 2.36. The molecule has 2 atom stereocenters. The molecule has 6 heteroatoms. The van der Waals surface area contributed by atoms with E-state index < -0.39 is 6.10 Å². The van der Waals surface area contributed by atoms with Gasteiger partial charge in [-0.15, -0.1) is 0 Å². The number of carbonyl (C=O) groups is 2. The Labute approximate surface area is 185 Å². The van der Waals surface area contributed by atoms with Crippen molar-refractivity contribution >= 4 is 17.5 Å². The van der Waals surface area contributed by atoms with Crippen LogP contribution in [-0.4, -0.2) is 47.6 Å². The first kappa shape index (κ1) is 22.3. The average Bonchev–Trinajstić information content (AvgIpc) is 2.82. The minimum absolute atomic E-state index is 0.0303. The average molecular weight is 429 g/mol. The number of carbonyl (C=O) groups excluding carboxylic acids is 2. The molecule has 1 aromatic carbocycles. The van der Waals surface area contributed by atoms with Gasteiger partial charge in [-0.05, 0) is 49.3 Å². The first-order valence-electron chi connectivity index (χ1n) is 12.1. The van der Waals surface area contributed by atoms with Gasteiger partial charge in [0.1, 0.15) is 12.7 Å². The number of nitrogens with zero attached hydrogens (tertiary/aromatic N) is 1. The Morgan fingerprint density at radius 3 is 2.35 bits per heavy atom. The summed E-state index contributed by atoms with van der Waals surface area (Å²) in [6, 6.07) is 7.01. The summed E-state index contributed by atoms with van der Waals surface area (Å²) in [5, 5.41) is 14.1. The van der Waals surface area contributed by atoms with Crippen LogP contribution in [0.15, 0.2) is 24.3 Å². The van der Waals surface area contributed by atoms with Gasteiger partial charge in [0.05, 0.1) is 12.6 Å². The molecule has 170 valence electrons. The lowest BCUT2D eigenvalue weighted by Crippen LogP contribution is -2.53. The summed E-state index contributed by atoms with van der Waals surface area (Å²) < 4.78 is 5.49. The van der Waals surface area contributed by atoms with Crippen LogP contribution in [0.1, 0.15) is 75.9 Å². The van der Waals surface area contributed by atoms with Crippen molar-refractivity contribution in [3.8, 4) is 0 Å². The van der Waals surface area contributed by atoms with Gasteiger partial charge in [0.2, 0.25) is 11.8 Å². The van der Waals surface area contributed by atoms with Crippen molar-refractivity contribution in [2.45, 2.75) is 76.4 Å². The molecular weight excluding hydrogens is 392 g/mol. The number of rotatable bonds is 6. The second-order valence-electron chi connectivity index (χ2n) is 9.52. The molecular formula is C25H36N2O4. The van der Waals surface area contributed by atoms with Crippen molar-refractivity contribution in [3.63, 3.8) is 0 Å². The number of morpholine rings is 1. The number of nitrogens with one attached hydrogen (secondary N) is 1. The third kappa shape index (κ3) is 5.66. The molecule has 0 unspecified atom stereocenters. The molecule has 1 saturated heterocycles. The van der Waals surface area contributed by atoms with E-state index in [2.05, 4.69) is 5.32 Å². The molecule has 0 radical (unpaired) electrons. The second-order valence-corrected chi connectivity index (χ2v) is 9.52. The van der Waals surface area contributed by atoms with Crippen LogP contribution in [-0.2, 0) is 14.3 Å². The van der Waals surface area contributed by atoms with Crippen molar-refractivity contribution in [3.05, 3.63) is 29.8 Å². The molecule has 0 spiro atoms. The Kier molecular flexibility index (Phi) is 7.62. The topological polar surface area (TPSA) is 78.9 Å². The van der Waals surface area contributed by atoms with Gasteiger partial charge < -0.3 is 20.1 Å². The first-order chi connectivity index (χ1) is 15.1. The number of ether oxygens (including phenoxy) is 1. The molecule has 2 aliphatic carbocycles. The summed E-state index contributed by atoms with van der Waals surface area (Å²) in [5.41, 5.74) is 1.49. The standard InChI is InChI=1S/C25H36N2O4/c28-23-17-31-16-22(27(23)15-18-7-3-1-4-8-18)24(29)19-11-13-21(14-12-19)26-25(30)20-9-5-2-6-10-20/h11-14,18,20,22,24,29H,1-10,15-17H2,(H,26,30)/t22-,24-/m1/s1. The highest BCUT2D eigenvalue weighted by Crippen LogP contribution is 2.30. The van der Waals surface area contributed by atoms with Crippen LogP contribution in [0.25, 0.3) is 0 Å². The molecule has 31 heavy (non-hydrogen) atoms. The van der Waals surface area contributed by atoms with Crippen molar-refractivity contribution < 1.29 is 19.4 Å². The van der Waals surface area contributed by atoms with Gasteiger partial charge in [0.25, 0.3) is 0 Å². The molecule has 4 rings (SSSR count). The van der Waals surface area contributed by atoms with Gasteiger partial charge in [-0.25, -0.2) is 0 Å². The molecule has 2 N–H and O–H groups in total. The lowest BCUT2D eigenvalue weighted by molar-refractivity contribution is -0.155. The predicted molar refractivity (Wildman–Crippen MR) is 120 cm³/mol. The van der Waals surface area contributed by atoms with Crippen LogP contribution in [0.5, 0.6) is 0 Å². The molecule has 1 aromatic rings. The molecule has 2 saturated carbocycles. The molecule has 1 heterocycles. The molecule has 1 aliphatic heterocycles. The van der Waals surface area contributed by atoms with E-state index in [0.717, 1.165) is 49.8 Å². The number of hydrogen-bond acceptors (Lipinski definition) is 4. The molecule has 3 aliphatic rings. The maximum absolute atomic E-state index is 12.6. The fourth-order valence-corrected chi connectivity index (χ4v) is 5.37. The predicted octanol–water partition coefficient (Wildman–Crippen LogP) is 4.05. The number of amides is 2. The summed E-state index contributed by atoms with van der Waals surface area (Å²) in [4.78, 5) is 26.9. The highest BCUT2D eigenvalue weighted by molar-refractivity contribution is 5.92. The molecule has 6 nitrogen and oxygen atoms in total. The van der Waals surface area contributed by atoms with Crippen LogP contribution in [0.2, 0.25) is 0 Å². The van der Waals surface area contributed by atoms with Crippen LogP contribution in [0.3, 0.4) is 0 Å². The highest BCUT2D eigenvalue weighted by atomic mass is 16.5. The number of aliphatic hydroxyl groups excluding tert-OH is 1. The van der Waals surface area contributed by atoms with E-state index in [4.69, 9.17) is 4.74 Å². The zero-order valence-electron chi connectivity index (χ0n) is 18.4. The van der Waals surface area contributed by atoms with Crippen molar-refractivity contribution in [2.75, 3.05) is 25.1 Å².